The van der Waals surface area contributed by atoms with E-state index < -0.39 is 9.53 Å². The average molecular weight is 164 g/mol. The van der Waals surface area contributed by atoms with Gasteiger partial charge in [0, 0.05) is 12.2 Å². The van der Waals surface area contributed by atoms with Crippen molar-refractivity contribution in [2.24, 2.45) is 0 Å². The maximum Gasteiger partial charge on any atom is 0.481 e. The van der Waals surface area contributed by atoms with Crippen molar-refractivity contribution in [1.82, 2.24) is 0 Å². The van der Waals surface area contributed by atoms with Crippen LogP contribution in [0.4, 0.5) is 0 Å². The highest BCUT2D eigenvalue weighted by Crippen LogP contribution is 1.96. The van der Waals surface area contributed by atoms with Gasteiger partial charge in [0.1, 0.15) is 0 Å². The molecule has 0 aliphatic heterocycles. The molecule has 1 N–H and O–H groups in total. The molecule has 0 aliphatic carbocycles. The van der Waals surface area contributed by atoms with Crippen LogP contribution in [0.5, 0.6) is 0 Å². The summed E-state index contributed by atoms with van der Waals surface area (Å²) in [6.45, 7) is 7.50. The summed E-state index contributed by atoms with van der Waals surface area (Å²) in [7, 11) is -2.32. The Kier molecular flexibility index (Phi) is 4.89. The van der Waals surface area contributed by atoms with Crippen molar-refractivity contribution < 1.29 is 13.6 Å². The van der Waals surface area contributed by atoms with Crippen LogP contribution in [-0.4, -0.2) is 26.5 Å². The molecule has 0 aliphatic rings. The predicted molar refractivity (Wildman–Crippen MR) is 41.8 cm³/mol. The summed E-state index contributed by atoms with van der Waals surface area (Å²) in [5.41, 5.74) is 0. The Balaban J connectivity index is 3.34. The average Bonchev–Trinajstić information content (AvgIpc) is 1.58. The molecule has 0 heterocycles. The van der Waals surface area contributed by atoms with Crippen molar-refractivity contribution in [3.05, 3.63) is 0 Å². The molecule has 0 amide bonds. The summed E-state index contributed by atoms with van der Waals surface area (Å²) in [4.78, 5) is 9.08. The topological polar surface area (TPSA) is 38.7 Å². The first-order valence-electron chi connectivity index (χ1n) is 3.51. The normalized spacial score (nSPS) is 12.0. The second kappa shape index (κ2) is 4.84. The van der Waals surface area contributed by atoms with Gasteiger partial charge in [-0.3, -0.25) is 0 Å². The first-order chi connectivity index (χ1) is 4.52. The SMILES string of the molecule is CC(C)O[SiH](O)OC(C)C. The summed E-state index contributed by atoms with van der Waals surface area (Å²) in [5, 5.41) is 0. The van der Waals surface area contributed by atoms with Gasteiger partial charge in [-0.15, -0.1) is 0 Å². The molecule has 0 aromatic rings. The number of hydrogen-bond donors (Lipinski definition) is 1. The van der Waals surface area contributed by atoms with E-state index in [1.807, 2.05) is 27.7 Å². The molecule has 0 aromatic heterocycles. The van der Waals surface area contributed by atoms with Gasteiger partial charge in [-0.25, -0.2) is 0 Å². The van der Waals surface area contributed by atoms with Crippen molar-refractivity contribution >= 4 is 9.53 Å². The van der Waals surface area contributed by atoms with Crippen molar-refractivity contribution in [3.8, 4) is 0 Å². The summed E-state index contributed by atoms with van der Waals surface area (Å²) in [6, 6.07) is 0. The van der Waals surface area contributed by atoms with Crippen LogP contribution in [0.2, 0.25) is 0 Å². The van der Waals surface area contributed by atoms with Crippen LogP contribution in [0.1, 0.15) is 27.7 Å². The predicted octanol–water partition coefficient (Wildman–Crippen LogP) is 0.546. The van der Waals surface area contributed by atoms with E-state index in [1.54, 1.807) is 0 Å². The number of hydrogen-bond acceptors (Lipinski definition) is 3. The van der Waals surface area contributed by atoms with E-state index in [1.165, 1.54) is 0 Å². The third kappa shape index (κ3) is 6.22. The highest BCUT2D eigenvalue weighted by atomic mass is 28.3. The second-order valence-electron chi connectivity index (χ2n) is 2.68. The van der Waals surface area contributed by atoms with Crippen molar-refractivity contribution in [2.75, 3.05) is 0 Å². The lowest BCUT2D eigenvalue weighted by Gasteiger charge is -2.15. The molecule has 0 atom stereocenters. The first-order valence-corrected chi connectivity index (χ1v) is 4.97. The molecule has 0 radical (unpaired) electrons. The van der Waals surface area contributed by atoms with Crippen LogP contribution < -0.4 is 0 Å². The molecular formula is C6H16O3Si. The van der Waals surface area contributed by atoms with Crippen LogP contribution in [0.25, 0.3) is 0 Å². The lowest BCUT2D eigenvalue weighted by atomic mass is 10.5. The second-order valence-corrected chi connectivity index (χ2v) is 3.84. The highest BCUT2D eigenvalue weighted by Gasteiger charge is 2.12. The largest absolute Gasteiger partial charge is 0.481 e. The fourth-order valence-electron chi connectivity index (χ4n) is 0.498. The molecule has 0 unspecified atom stereocenters. The zero-order chi connectivity index (χ0) is 8.15. The van der Waals surface area contributed by atoms with Gasteiger partial charge in [-0.05, 0) is 27.7 Å². The Bertz CT molecular complexity index is 75.1. The van der Waals surface area contributed by atoms with Gasteiger partial charge < -0.3 is 13.6 Å². The molecule has 0 saturated heterocycles. The zero-order valence-corrected chi connectivity index (χ0v) is 8.15. The minimum Gasteiger partial charge on any atom is -0.392 e. The summed E-state index contributed by atoms with van der Waals surface area (Å²) < 4.78 is 10.1. The van der Waals surface area contributed by atoms with Crippen LogP contribution in [0.3, 0.4) is 0 Å². The molecule has 0 bridgehead atoms. The number of rotatable bonds is 4. The van der Waals surface area contributed by atoms with Crippen molar-refractivity contribution in [1.29, 1.82) is 0 Å². The van der Waals surface area contributed by atoms with Gasteiger partial charge in [0.2, 0.25) is 0 Å². The van der Waals surface area contributed by atoms with Gasteiger partial charge in [-0.2, -0.15) is 0 Å². The van der Waals surface area contributed by atoms with Crippen LogP contribution in [-0.2, 0) is 8.85 Å². The van der Waals surface area contributed by atoms with E-state index in [0.29, 0.717) is 0 Å². The zero-order valence-electron chi connectivity index (χ0n) is 7.00. The Morgan fingerprint density at radius 2 is 1.30 bits per heavy atom. The molecule has 62 valence electrons. The fourth-order valence-corrected chi connectivity index (χ4v) is 1.49. The first kappa shape index (κ1) is 10.1. The highest BCUT2D eigenvalue weighted by molar-refractivity contribution is 6.34. The van der Waals surface area contributed by atoms with Gasteiger partial charge in [-0.1, -0.05) is 0 Å². The quantitative estimate of drug-likeness (QED) is 0.617. The lowest BCUT2D eigenvalue weighted by Crippen LogP contribution is -2.29. The van der Waals surface area contributed by atoms with E-state index in [4.69, 9.17) is 13.6 Å². The van der Waals surface area contributed by atoms with Gasteiger partial charge in [0.05, 0.1) is 0 Å². The molecule has 0 spiro atoms. The van der Waals surface area contributed by atoms with E-state index in [0.717, 1.165) is 0 Å². The Morgan fingerprint density at radius 3 is 1.50 bits per heavy atom. The van der Waals surface area contributed by atoms with Crippen molar-refractivity contribution in [3.63, 3.8) is 0 Å². The molecular weight excluding hydrogens is 148 g/mol. The minimum atomic E-state index is -2.32. The van der Waals surface area contributed by atoms with Crippen LogP contribution in [0, 0.1) is 0 Å². The van der Waals surface area contributed by atoms with E-state index in [2.05, 4.69) is 0 Å². The van der Waals surface area contributed by atoms with Crippen LogP contribution in [0.15, 0.2) is 0 Å². The van der Waals surface area contributed by atoms with Crippen LogP contribution >= 0.6 is 0 Å². The van der Waals surface area contributed by atoms with Crippen molar-refractivity contribution in [2.45, 2.75) is 39.9 Å². The van der Waals surface area contributed by atoms with E-state index in [-0.39, 0.29) is 12.2 Å². The Morgan fingerprint density at radius 1 is 1.00 bits per heavy atom. The van der Waals surface area contributed by atoms with E-state index in [9.17, 15) is 0 Å². The standard InChI is InChI=1S/C6H16O3Si/c1-5(2)8-10(7)9-6(3)4/h5-7,10H,1-4H3. The Hall–Kier alpha value is 0.0969. The lowest BCUT2D eigenvalue weighted by molar-refractivity contribution is 0.0790. The molecule has 3 nitrogen and oxygen atoms in total. The molecule has 0 fully saturated rings. The van der Waals surface area contributed by atoms with Gasteiger partial charge >= 0.3 is 9.53 Å². The maximum absolute atomic E-state index is 9.08. The van der Waals surface area contributed by atoms with Gasteiger partial charge in [0.25, 0.3) is 0 Å². The fraction of sp³-hybridized carbons (Fsp3) is 1.00. The molecule has 0 aromatic carbocycles. The third-order valence-corrected chi connectivity index (χ3v) is 2.33. The third-order valence-electron chi connectivity index (χ3n) is 0.777. The summed E-state index contributed by atoms with van der Waals surface area (Å²) in [6.07, 6.45) is 0.112. The summed E-state index contributed by atoms with van der Waals surface area (Å²) in [5.74, 6) is 0. The van der Waals surface area contributed by atoms with E-state index >= 15 is 0 Å². The molecule has 4 heteroatoms. The molecule has 0 saturated carbocycles. The minimum absolute atomic E-state index is 0.0559. The smallest absolute Gasteiger partial charge is 0.392 e. The van der Waals surface area contributed by atoms with Gasteiger partial charge in [0.15, 0.2) is 0 Å². The monoisotopic (exact) mass is 164 g/mol. The molecule has 10 heavy (non-hydrogen) atoms. The molecule has 0 rings (SSSR count). The Labute approximate surface area is 63.9 Å². The maximum atomic E-state index is 9.08. The summed E-state index contributed by atoms with van der Waals surface area (Å²) >= 11 is 0.